The van der Waals surface area contributed by atoms with E-state index in [1.807, 2.05) is 0 Å². The monoisotopic (exact) mass is 335 g/mol. The van der Waals surface area contributed by atoms with Gasteiger partial charge in [-0.2, -0.15) is 18.2 Å². The highest BCUT2D eigenvalue weighted by Gasteiger charge is 2.33. The number of nitrogens with one attached hydrogen (secondary N) is 1. The highest BCUT2D eigenvalue weighted by atomic mass is 79.9. The number of rotatable bonds is 3. The predicted octanol–water partition coefficient (Wildman–Crippen LogP) is 3.77. The molecule has 102 valence electrons. The molecule has 0 aliphatic carbocycles. The molecule has 0 amide bonds. The van der Waals surface area contributed by atoms with Gasteiger partial charge >= 0.3 is 6.18 Å². The maximum atomic E-state index is 12.8. The molecule has 0 saturated carbocycles. The Bertz CT molecular complexity index is 583. The number of nitrogens with zero attached hydrogens (tertiary/aromatic N) is 2. The predicted molar refractivity (Wildman–Crippen MR) is 65.5 cm³/mol. The number of alkyl halides is 3. The zero-order valence-corrected chi connectivity index (χ0v) is 11.3. The Hall–Kier alpha value is -1.57. The third-order valence-electron chi connectivity index (χ3n) is 2.29. The van der Waals surface area contributed by atoms with Crippen LogP contribution in [-0.4, -0.2) is 10.1 Å². The number of halogens is 4. The molecule has 0 atom stereocenters. The fourth-order valence-electron chi connectivity index (χ4n) is 1.49. The molecule has 2 rings (SSSR count). The smallest absolute Gasteiger partial charge is 0.376 e. The SMILES string of the molecule is Cc1noc(CNc2cc(Br)ccc2C(F)(F)F)n1. The molecule has 0 bridgehead atoms. The molecule has 19 heavy (non-hydrogen) atoms. The van der Waals surface area contributed by atoms with Gasteiger partial charge in [0.25, 0.3) is 0 Å². The second-order valence-corrected chi connectivity index (χ2v) is 4.69. The highest BCUT2D eigenvalue weighted by Crippen LogP contribution is 2.36. The van der Waals surface area contributed by atoms with E-state index < -0.39 is 11.7 Å². The summed E-state index contributed by atoms with van der Waals surface area (Å²) in [5.74, 6) is 0.660. The molecule has 2 aromatic rings. The number of hydrogen-bond acceptors (Lipinski definition) is 4. The second kappa shape index (κ2) is 5.20. The van der Waals surface area contributed by atoms with Gasteiger partial charge in [-0.1, -0.05) is 21.1 Å². The second-order valence-electron chi connectivity index (χ2n) is 3.78. The molecule has 0 unspecified atom stereocenters. The van der Waals surface area contributed by atoms with Crippen molar-refractivity contribution < 1.29 is 17.7 Å². The first-order chi connectivity index (χ1) is 8.86. The molecule has 1 N–H and O–H groups in total. The van der Waals surface area contributed by atoms with Gasteiger partial charge in [0.05, 0.1) is 12.1 Å². The third-order valence-corrected chi connectivity index (χ3v) is 2.78. The van der Waals surface area contributed by atoms with Gasteiger partial charge in [0.1, 0.15) is 0 Å². The fraction of sp³-hybridized carbons (Fsp3) is 0.273. The van der Waals surface area contributed by atoms with Crippen molar-refractivity contribution in [3.8, 4) is 0 Å². The lowest BCUT2D eigenvalue weighted by Crippen LogP contribution is -2.11. The van der Waals surface area contributed by atoms with Gasteiger partial charge < -0.3 is 9.84 Å². The topological polar surface area (TPSA) is 51.0 Å². The van der Waals surface area contributed by atoms with Crippen molar-refractivity contribution in [2.45, 2.75) is 19.6 Å². The third kappa shape index (κ3) is 3.46. The summed E-state index contributed by atoms with van der Waals surface area (Å²) in [5.41, 5.74) is -0.787. The average Bonchev–Trinajstić information content (AvgIpc) is 2.71. The van der Waals surface area contributed by atoms with Gasteiger partial charge in [-0.25, -0.2) is 0 Å². The van der Waals surface area contributed by atoms with Crippen LogP contribution in [0.4, 0.5) is 18.9 Å². The summed E-state index contributed by atoms with van der Waals surface area (Å²) < 4.78 is 43.8. The molecule has 0 radical (unpaired) electrons. The number of anilines is 1. The van der Waals surface area contributed by atoms with Crippen LogP contribution in [0.1, 0.15) is 17.3 Å². The van der Waals surface area contributed by atoms with Crippen LogP contribution in [0.2, 0.25) is 0 Å². The first-order valence-corrected chi connectivity index (χ1v) is 6.05. The Morgan fingerprint density at radius 1 is 1.37 bits per heavy atom. The molecule has 4 nitrogen and oxygen atoms in total. The van der Waals surface area contributed by atoms with Crippen molar-refractivity contribution in [2.24, 2.45) is 0 Å². The standard InChI is InChI=1S/C11H9BrF3N3O/c1-6-17-10(19-18-6)5-16-9-4-7(12)2-3-8(9)11(13,14)15/h2-4,16H,5H2,1H3. The Morgan fingerprint density at radius 3 is 2.68 bits per heavy atom. The van der Waals surface area contributed by atoms with Gasteiger partial charge in [0, 0.05) is 10.2 Å². The zero-order valence-electron chi connectivity index (χ0n) is 9.75. The lowest BCUT2D eigenvalue weighted by molar-refractivity contribution is -0.137. The summed E-state index contributed by atoms with van der Waals surface area (Å²) in [7, 11) is 0. The summed E-state index contributed by atoms with van der Waals surface area (Å²) in [5, 5.41) is 6.20. The zero-order chi connectivity index (χ0) is 14.0. The van der Waals surface area contributed by atoms with E-state index in [0.717, 1.165) is 6.07 Å². The van der Waals surface area contributed by atoms with Gasteiger partial charge in [-0.3, -0.25) is 0 Å². The van der Waals surface area contributed by atoms with Gasteiger partial charge in [0.15, 0.2) is 5.82 Å². The Morgan fingerprint density at radius 2 is 2.11 bits per heavy atom. The lowest BCUT2D eigenvalue weighted by atomic mass is 10.1. The molecular weight excluding hydrogens is 327 g/mol. The van der Waals surface area contributed by atoms with Gasteiger partial charge in [-0.15, -0.1) is 0 Å². The van der Waals surface area contributed by atoms with Gasteiger partial charge in [0.2, 0.25) is 5.89 Å². The minimum Gasteiger partial charge on any atom is -0.376 e. The van der Waals surface area contributed by atoms with Crippen molar-refractivity contribution in [1.82, 2.24) is 10.1 Å². The fourth-order valence-corrected chi connectivity index (χ4v) is 1.85. The Kier molecular flexibility index (Phi) is 3.79. The van der Waals surface area contributed by atoms with Crippen molar-refractivity contribution in [3.63, 3.8) is 0 Å². The maximum absolute atomic E-state index is 12.8. The molecule has 1 aromatic carbocycles. The van der Waals surface area contributed by atoms with Crippen molar-refractivity contribution >= 4 is 21.6 Å². The summed E-state index contributed by atoms with van der Waals surface area (Å²) >= 11 is 3.13. The van der Waals surface area contributed by atoms with Crippen LogP contribution < -0.4 is 5.32 Å². The highest BCUT2D eigenvalue weighted by molar-refractivity contribution is 9.10. The van der Waals surface area contributed by atoms with Crippen LogP contribution in [0.3, 0.4) is 0 Å². The summed E-state index contributed by atoms with van der Waals surface area (Å²) in [6.45, 7) is 1.66. The number of aromatic nitrogens is 2. The maximum Gasteiger partial charge on any atom is 0.418 e. The van der Waals surface area contributed by atoms with Gasteiger partial charge in [-0.05, 0) is 25.1 Å². The van der Waals surface area contributed by atoms with Crippen LogP contribution in [0.15, 0.2) is 27.2 Å². The van der Waals surface area contributed by atoms with Crippen molar-refractivity contribution in [1.29, 1.82) is 0 Å². The quantitative estimate of drug-likeness (QED) is 0.927. The summed E-state index contributed by atoms with van der Waals surface area (Å²) in [4.78, 5) is 3.91. The largest absolute Gasteiger partial charge is 0.418 e. The summed E-state index contributed by atoms with van der Waals surface area (Å²) in [6, 6.07) is 3.70. The van der Waals surface area contributed by atoms with Crippen LogP contribution in [0.25, 0.3) is 0 Å². The Balaban J connectivity index is 2.21. The van der Waals surface area contributed by atoms with Crippen LogP contribution in [0.5, 0.6) is 0 Å². The summed E-state index contributed by atoms with van der Waals surface area (Å²) in [6.07, 6.45) is -4.42. The van der Waals surface area contributed by atoms with E-state index in [2.05, 4.69) is 31.4 Å². The minimum absolute atomic E-state index is 0.0281. The van der Waals surface area contributed by atoms with Crippen LogP contribution in [-0.2, 0) is 12.7 Å². The van der Waals surface area contributed by atoms with Crippen molar-refractivity contribution in [2.75, 3.05) is 5.32 Å². The van der Waals surface area contributed by atoms with E-state index >= 15 is 0 Å². The van der Waals surface area contributed by atoms with E-state index in [-0.39, 0.29) is 18.1 Å². The molecule has 0 fully saturated rings. The van der Waals surface area contributed by atoms with Crippen LogP contribution >= 0.6 is 15.9 Å². The minimum atomic E-state index is -4.42. The molecular formula is C11H9BrF3N3O. The van der Waals surface area contributed by atoms with E-state index in [9.17, 15) is 13.2 Å². The number of hydrogen-bond donors (Lipinski definition) is 1. The number of benzene rings is 1. The van der Waals surface area contributed by atoms with E-state index in [0.29, 0.717) is 10.3 Å². The molecule has 1 heterocycles. The first kappa shape index (κ1) is 13.9. The van der Waals surface area contributed by atoms with E-state index in [4.69, 9.17) is 4.52 Å². The molecule has 0 aliphatic rings. The first-order valence-electron chi connectivity index (χ1n) is 5.26. The van der Waals surface area contributed by atoms with Crippen molar-refractivity contribution in [3.05, 3.63) is 40.0 Å². The molecule has 0 spiro atoms. The normalized spacial score (nSPS) is 11.6. The van der Waals surface area contributed by atoms with Crippen LogP contribution in [0, 0.1) is 6.92 Å². The molecule has 0 saturated heterocycles. The molecule has 8 heteroatoms. The number of aryl methyl sites for hydroxylation is 1. The van der Waals surface area contributed by atoms with E-state index in [1.165, 1.54) is 12.1 Å². The average molecular weight is 336 g/mol. The molecule has 0 aliphatic heterocycles. The van der Waals surface area contributed by atoms with E-state index in [1.54, 1.807) is 6.92 Å². The molecule has 1 aromatic heterocycles. The lowest BCUT2D eigenvalue weighted by Gasteiger charge is -2.13. The Labute approximate surface area is 115 Å².